The standard InChI is InChI=1S/C9H5N3O6/c13-7-5(8(14)11-9(15)10-7)3-4-1-2-6(18-4)12(16)17/h1-3H,(H2,10,11,13,14,15). The molecule has 0 spiro atoms. The highest BCUT2D eigenvalue weighted by molar-refractivity contribution is 6.30. The first-order valence-electron chi connectivity index (χ1n) is 4.60. The minimum Gasteiger partial charge on any atom is -0.401 e. The number of hydrogen-bond donors (Lipinski definition) is 2. The molecule has 1 aromatic heterocycles. The largest absolute Gasteiger partial charge is 0.433 e. The number of barbiturate groups is 1. The minimum atomic E-state index is -0.924. The number of rotatable bonds is 2. The first-order valence-corrected chi connectivity index (χ1v) is 4.60. The molecule has 0 bridgehead atoms. The number of urea groups is 1. The normalized spacial score (nSPS) is 15.1. The van der Waals surface area contributed by atoms with Gasteiger partial charge in [0.1, 0.15) is 16.3 Å². The lowest BCUT2D eigenvalue weighted by Gasteiger charge is -2.13. The molecule has 1 saturated heterocycles. The molecule has 0 aromatic carbocycles. The van der Waals surface area contributed by atoms with Crippen LogP contribution in [0.4, 0.5) is 10.7 Å². The summed E-state index contributed by atoms with van der Waals surface area (Å²) in [6, 6.07) is 1.38. The lowest BCUT2D eigenvalue weighted by molar-refractivity contribution is -0.402. The molecule has 0 radical (unpaired) electrons. The second-order valence-corrected chi connectivity index (χ2v) is 3.23. The predicted octanol–water partition coefficient (Wildman–Crippen LogP) is -0.0628. The van der Waals surface area contributed by atoms with Crippen LogP contribution in [0, 0.1) is 10.1 Å². The van der Waals surface area contributed by atoms with Crippen LogP contribution in [-0.4, -0.2) is 22.8 Å². The van der Waals surface area contributed by atoms with Crippen molar-refractivity contribution in [1.82, 2.24) is 10.6 Å². The van der Waals surface area contributed by atoms with Crippen LogP contribution in [0.2, 0.25) is 0 Å². The maximum atomic E-state index is 11.3. The van der Waals surface area contributed by atoms with Crippen molar-refractivity contribution in [2.75, 3.05) is 0 Å². The molecule has 2 N–H and O–H groups in total. The number of nitrogens with one attached hydrogen (secondary N) is 2. The summed E-state index contributed by atoms with van der Waals surface area (Å²) in [5.41, 5.74) is -0.376. The fourth-order valence-corrected chi connectivity index (χ4v) is 1.27. The Hall–Kier alpha value is -2.97. The van der Waals surface area contributed by atoms with E-state index in [0.717, 1.165) is 12.1 Å². The van der Waals surface area contributed by atoms with Gasteiger partial charge in [0.2, 0.25) is 0 Å². The molecule has 4 amide bonds. The summed E-state index contributed by atoms with van der Waals surface area (Å²) >= 11 is 0. The van der Waals surface area contributed by atoms with Crippen molar-refractivity contribution < 1.29 is 23.7 Å². The van der Waals surface area contributed by atoms with Crippen molar-refractivity contribution in [3.8, 4) is 0 Å². The van der Waals surface area contributed by atoms with Crippen molar-refractivity contribution in [3.63, 3.8) is 0 Å². The summed E-state index contributed by atoms with van der Waals surface area (Å²) in [4.78, 5) is 43.0. The van der Waals surface area contributed by atoms with Gasteiger partial charge >= 0.3 is 11.9 Å². The van der Waals surface area contributed by atoms with Crippen molar-refractivity contribution in [2.45, 2.75) is 0 Å². The van der Waals surface area contributed by atoms with E-state index in [4.69, 9.17) is 4.42 Å². The van der Waals surface area contributed by atoms with Gasteiger partial charge in [0.15, 0.2) is 0 Å². The van der Waals surface area contributed by atoms with E-state index in [-0.39, 0.29) is 11.3 Å². The first-order chi connectivity index (χ1) is 8.47. The molecule has 0 unspecified atom stereocenters. The van der Waals surface area contributed by atoms with E-state index in [1.807, 2.05) is 10.6 Å². The van der Waals surface area contributed by atoms with Crippen LogP contribution in [0.25, 0.3) is 6.08 Å². The van der Waals surface area contributed by atoms with Gasteiger partial charge in [0, 0.05) is 0 Å². The number of carbonyl (C=O) groups is 3. The summed E-state index contributed by atoms with van der Waals surface area (Å²) in [6.45, 7) is 0. The molecule has 9 nitrogen and oxygen atoms in total. The Balaban J connectivity index is 2.31. The second-order valence-electron chi connectivity index (χ2n) is 3.23. The molecular formula is C9H5N3O6. The Labute approximate surface area is 98.6 Å². The highest BCUT2D eigenvalue weighted by atomic mass is 16.6. The molecule has 1 fully saturated rings. The Morgan fingerprint density at radius 3 is 2.28 bits per heavy atom. The number of imide groups is 2. The van der Waals surface area contributed by atoms with E-state index in [9.17, 15) is 24.5 Å². The van der Waals surface area contributed by atoms with Crippen LogP contribution in [0.5, 0.6) is 0 Å². The average molecular weight is 251 g/mol. The SMILES string of the molecule is O=C1NC(=O)C(=Cc2ccc([N+](=O)[O-])o2)C(=O)N1. The highest BCUT2D eigenvalue weighted by Gasteiger charge is 2.28. The summed E-state index contributed by atoms with van der Waals surface area (Å²) < 4.78 is 4.75. The van der Waals surface area contributed by atoms with Crippen LogP contribution >= 0.6 is 0 Å². The van der Waals surface area contributed by atoms with Gasteiger partial charge in [0.25, 0.3) is 11.8 Å². The van der Waals surface area contributed by atoms with E-state index in [1.54, 1.807) is 0 Å². The summed E-state index contributed by atoms with van der Waals surface area (Å²) in [7, 11) is 0. The van der Waals surface area contributed by atoms with Gasteiger partial charge < -0.3 is 4.42 Å². The van der Waals surface area contributed by atoms with Gasteiger partial charge in [-0.1, -0.05) is 0 Å². The van der Waals surface area contributed by atoms with E-state index >= 15 is 0 Å². The van der Waals surface area contributed by atoms with E-state index in [0.29, 0.717) is 0 Å². The first kappa shape index (κ1) is 11.5. The third kappa shape index (κ3) is 2.09. The predicted molar refractivity (Wildman–Crippen MR) is 55.0 cm³/mol. The summed E-state index contributed by atoms with van der Waals surface area (Å²) in [5, 5.41) is 14.1. The molecule has 1 aliphatic heterocycles. The zero-order chi connectivity index (χ0) is 13.3. The van der Waals surface area contributed by atoms with Crippen LogP contribution in [0.3, 0.4) is 0 Å². The molecule has 2 heterocycles. The molecule has 92 valence electrons. The van der Waals surface area contributed by atoms with Gasteiger partial charge in [-0.15, -0.1) is 0 Å². The molecular weight excluding hydrogens is 246 g/mol. The fraction of sp³-hybridized carbons (Fsp3) is 0. The van der Waals surface area contributed by atoms with Crippen molar-refractivity contribution >= 4 is 29.8 Å². The van der Waals surface area contributed by atoms with Gasteiger partial charge in [-0.05, 0) is 12.1 Å². The van der Waals surface area contributed by atoms with Crippen LogP contribution in [0.15, 0.2) is 22.1 Å². The molecule has 2 rings (SSSR count). The van der Waals surface area contributed by atoms with Crippen molar-refractivity contribution in [1.29, 1.82) is 0 Å². The third-order valence-corrected chi connectivity index (χ3v) is 2.02. The zero-order valence-corrected chi connectivity index (χ0v) is 8.63. The topological polar surface area (TPSA) is 132 Å². The third-order valence-electron chi connectivity index (χ3n) is 2.02. The number of nitrogens with zero attached hydrogens (tertiary/aromatic N) is 1. The maximum absolute atomic E-state index is 11.3. The monoisotopic (exact) mass is 251 g/mol. The fourth-order valence-electron chi connectivity index (χ4n) is 1.27. The number of amides is 4. The Morgan fingerprint density at radius 1 is 1.17 bits per heavy atom. The smallest absolute Gasteiger partial charge is 0.401 e. The molecule has 0 saturated carbocycles. The number of carbonyl (C=O) groups excluding carboxylic acids is 3. The lowest BCUT2D eigenvalue weighted by atomic mass is 10.1. The van der Waals surface area contributed by atoms with Crippen molar-refractivity contribution in [2.24, 2.45) is 0 Å². The quantitative estimate of drug-likeness (QED) is 0.327. The molecule has 0 atom stereocenters. The van der Waals surface area contributed by atoms with Gasteiger partial charge in [0.05, 0.1) is 6.07 Å². The molecule has 9 heteroatoms. The van der Waals surface area contributed by atoms with Gasteiger partial charge in [-0.2, -0.15) is 0 Å². The van der Waals surface area contributed by atoms with Gasteiger partial charge in [-0.3, -0.25) is 30.3 Å². The van der Waals surface area contributed by atoms with Crippen LogP contribution in [-0.2, 0) is 9.59 Å². The summed E-state index contributed by atoms with van der Waals surface area (Å²) in [6.07, 6.45) is 1.00. The van der Waals surface area contributed by atoms with Gasteiger partial charge in [-0.25, -0.2) is 4.79 Å². The Bertz CT molecular complexity index is 577. The van der Waals surface area contributed by atoms with E-state index in [2.05, 4.69) is 0 Å². The van der Waals surface area contributed by atoms with E-state index < -0.39 is 28.7 Å². The summed E-state index contributed by atoms with van der Waals surface area (Å²) in [5.74, 6) is -2.36. The molecule has 1 aliphatic rings. The van der Waals surface area contributed by atoms with Crippen LogP contribution < -0.4 is 10.6 Å². The zero-order valence-electron chi connectivity index (χ0n) is 8.63. The number of furan rings is 1. The van der Waals surface area contributed by atoms with E-state index in [1.165, 1.54) is 6.07 Å². The Kier molecular flexibility index (Phi) is 2.64. The highest BCUT2D eigenvalue weighted by Crippen LogP contribution is 2.18. The number of nitro groups is 1. The molecule has 0 aliphatic carbocycles. The van der Waals surface area contributed by atoms with Crippen molar-refractivity contribution in [3.05, 3.63) is 33.6 Å². The second kappa shape index (κ2) is 4.13. The maximum Gasteiger partial charge on any atom is 0.433 e. The molecule has 1 aromatic rings. The Morgan fingerprint density at radius 2 is 1.78 bits per heavy atom. The minimum absolute atomic E-state index is 0.0450. The molecule has 18 heavy (non-hydrogen) atoms. The number of hydrogen-bond acceptors (Lipinski definition) is 6. The average Bonchev–Trinajstić information content (AvgIpc) is 2.71. The lowest BCUT2D eigenvalue weighted by Crippen LogP contribution is -2.51. The van der Waals surface area contributed by atoms with Crippen LogP contribution in [0.1, 0.15) is 5.76 Å².